The molecule has 5 rings (SSSR count). The van der Waals surface area contributed by atoms with Crippen LogP contribution in [0, 0.1) is 12.8 Å². The van der Waals surface area contributed by atoms with E-state index in [0.29, 0.717) is 53.7 Å². The summed E-state index contributed by atoms with van der Waals surface area (Å²) in [5.41, 5.74) is 7.36. The van der Waals surface area contributed by atoms with Crippen molar-refractivity contribution in [1.82, 2.24) is 20.4 Å². The van der Waals surface area contributed by atoms with Crippen LogP contribution in [0.4, 0.5) is 11.4 Å². The van der Waals surface area contributed by atoms with Crippen LogP contribution in [0.25, 0.3) is 22.4 Å². The van der Waals surface area contributed by atoms with E-state index in [9.17, 15) is 14.7 Å². The number of piperidine rings is 1. The van der Waals surface area contributed by atoms with Crippen LogP contribution in [-0.4, -0.2) is 65.9 Å². The maximum absolute atomic E-state index is 13.0. The van der Waals surface area contributed by atoms with Crippen LogP contribution < -0.4 is 21.3 Å². The zero-order valence-electron chi connectivity index (χ0n) is 23.6. The number of anilines is 2. The maximum Gasteiger partial charge on any atom is 0.261 e. The summed E-state index contributed by atoms with van der Waals surface area (Å²) in [5, 5.41) is 14.4. The Bertz CT molecular complexity index is 1600. The molecule has 1 aliphatic heterocycles. The number of aliphatic hydroxyl groups is 1. The highest BCUT2D eigenvalue weighted by Crippen LogP contribution is 2.31. The number of aliphatic hydroxyl groups excluding tert-OH is 1. The molecule has 1 atom stereocenters. The summed E-state index contributed by atoms with van der Waals surface area (Å²) in [7, 11) is 1.58. The Hall–Kier alpha value is -3.90. The normalized spacial score (nSPS) is 14.7. The van der Waals surface area contributed by atoms with E-state index in [1.807, 2.05) is 13.0 Å². The number of aromatic amines is 2. The van der Waals surface area contributed by atoms with Gasteiger partial charge < -0.3 is 30.0 Å². The topological polar surface area (TPSA) is 145 Å². The number of fused-ring (bicyclic) bond motifs is 1. The minimum absolute atomic E-state index is 0.104. The second kappa shape index (κ2) is 13.4. The van der Waals surface area contributed by atoms with Crippen LogP contribution in [0.1, 0.15) is 30.1 Å². The lowest BCUT2D eigenvalue weighted by Crippen LogP contribution is -2.40. The smallest absolute Gasteiger partial charge is 0.261 e. The number of hydrogen-bond donors (Lipinski definition) is 5. The molecule has 222 valence electrons. The van der Waals surface area contributed by atoms with Gasteiger partial charge in [0, 0.05) is 49.6 Å². The van der Waals surface area contributed by atoms with Crippen LogP contribution in [-0.2, 0) is 14.4 Å². The number of imidazole rings is 1. The first-order valence-electron chi connectivity index (χ1n) is 13.9. The van der Waals surface area contributed by atoms with Gasteiger partial charge in [0.15, 0.2) is 0 Å². The van der Waals surface area contributed by atoms with Gasteiger partial charge in [-0.05, 0) is 61.2 Å². The van der Waals surface area contributed by atoms with Gasteiger partial charge in [0.05, 0.1) is 36.0 Å². The Morgan fingerprint density at radius 3 is 2.79 bits per heavy atom. The molecule has 1 saturated heterocycles. The molecule has 0 bridgehead atoms. The number of carbonyl (C=O) groups is 1. The van der Waals surface area contributed by atoms with E-state index < -0.39 is 6.10 Å². The van der Waals surface area contributed by atoms with Gasteiger partial charge in [0.2, 0.25) is 5.91 Å². The minimum atomic E-state index is -0.824. The average Bonchev–Trinajstić information content (AvgIpc) is 3.42. The molecule has 1 aliphatic rings. The summed E-state index contributed by atoms with van der Waals surface area (Å²) in [5.74, 6) is 0.212. The number of hydroxylamine groups is 1. The molecule has 1 unspecified atom stereocenters. The van der Waals surface area contributed by atoms with E-state index in [4.69, 9.17) is 26.2 Å². The number of aryl methyl sites for hydroxylation is 1. The lowest BCUT2D eigenvalue weighted by molar-refractivity contribution is -0.139. The van der Waals surface area contributed by atoms with Crippen molar-refractivity contribution in [2.75, 3.05) is 50.2 Å². The Morgan fingerprint density at radius 1 is 1.21 bits per heavy atom. The fraction of sp³-hybridized carbons (Fsp3) is 0.367. The van der Waals surface area contributed by atoms with Crippen molar-refractivity contribution in [2.45, 2.75) is 25.9 Å². The van der Waals surface area contributed by atoms with E-state index in [-0.39, 0.29) is 23.9 Å². The van der Waals surface area contributed by atoms with Crippen molar-refractivity contribution in [3.63, 3.8) is 0 Å². The predicted molar refractivity (Wildman–Crippen MR) is 163 cm³/mol. The molecular weight excluding hydrogens is 560 g/mol. The van der Waals surface area contributed by atoms with E-state index in [0.717, 1.165) is 35.4 Å². The number of hydrogen-bond acceptors (Lipinski definition) is 8. The van der Waals surface area contributed by atoms with Crippen LogP contribution in [0.2, 0.25) is 5.02 Å². The predicted octanol–water partition coefficient (Wildman–Crippen LogP) is 3.94. The highest BCUT2D eigenvalue weighted by molar-refractivity contribution is 6.30. The van der Waals surface area contributed by atoms with E-state index >= 15 is 0 Å². The van der Waals surface area contributed by atoms with Crippen molar-refractivity contribution in [3.05, 3.63) is 75.2 Å². The molecule has 3 heterocycles. The van der Waals surface area contributed by atoms with Crippen LogP contribution in [0.3, 0.4) is 0 Å². The number of amides is 1. The highest BCUT2D eigenvalue weighted by Gasteiger charge is 2.26. The number of methoxy groups -OCH3 is 1. The zero-order valence-corrected chi connectivity index (χ0v) is 24.3. The van der Waals surface area contributed by atoms with Gasteiger partial charge in [-0.1, -0.05) is 23.7 Å². The molecule has 0 radical (unpaired) electrons. The average molecular weight is 595 g/mol. The Morgan fingerprint density at radius 2 is 2.02 bits per heavy atom. The molecule has 1 amide bonds. The summed E-state index contributed by atoms with van der Waals surface area (Å²) < 4.78 is 4.93. The molecule has 11 nitrogen and oxygen atoms in total. The van der Waals surface area contributed by atoms with Crippen LogP contribution >= 0.6 is 11.6 Å². The molecule has 4 aromatic rings. The SMILES string of the molecule is COCCONC(=O)C1CCN(c2cc(C)c3nc(-c4c(NCC(O)c5cccc(Cl)c5)cc[nH]c4=O)[nH]c3c2)CC1. The van der Waals surface area contributed by atoms with Crippen molar-refractivity contribution < 1.29 is 19.5 Å². The maximum atomic E-state index is 13.0. The number of halogens is 1. The number of nitrogens with one attached hydrogen (secondary N) is 4. The number of carbonyl (C=O) groups excluding carboxylic acids is 1. The quantitative estimate of drug-likeness (QED) is 0.130. The molecule has 0 spiro atoms. The third kappa shape index (κ3) is 6.76. The standard InChI is InChI=1S/C30H35ClN6O5/c1-18-14-22(37-10-7-19(8-11-37)29(39)36-42-13-12-41-2)16-24-27(18)35-28(34-24)26-23(6-9-32-30(26)40)33-17-25(38)20-4-3-5-21(31)15-20/h3-6,9,14-16,19,25,38H,7-8,10-13,17H2,1-2H3,(H,34,35)(H,36,39)(H2,32,33,40). The van der Waals surface area contributed by atoms with Crippen LogP contribution in [0.15, 0.2) is 53.5 Å². The monoisotopic (exact) mass is 594 g/mol. The molecule has 42 heavy (non-hydrogen) atoms. The first kappa shape index (κ1) is 29.6. The number of nitrogens with zero attached hydrogens (tertiary/aromatic N) is 2. The van der Waals surface area contributed by atoms with E-state index in [2.05, 4.69) is 31.7 Å². The summed E-state index contributed by atoms with van der Waals surface area (Å²) in [4.78, 5) is 43.7. The summed E-state index contributed by atoms with van der Waals surface area (Å²) >= 11 is 6.07. The Balaban J connectivity index is 1.31. The number of pyridine rings is 1. The molecule has 0 saturated carbocycles. The minimum Gasteiger partial charge on any atom is -0.387 e. The Kier molecular flexibility index (Phi) is 9.43. The zero-order chi connectivity index (χ0) is 29.6. The first-order chi connectivity index (χ1) is 20.3. The highest BCUT2D eigenvalue weighted by atomic mass is 35.5. The van der Waals surface area contributed by atoms with Gasteiger partial charge in [0.25, 0.3) is 5.56 Å². The molecule has 2 aromatic carbocycles. The fourth-order valence-electron chi connectivity index (χ4n) is 5.20. The molecule has 0 aliphatic carbocycles. The van der Waals surface area contributed by atoms with E-state index in [1.165, 1.54) is 0 Å². The summed E-state index contributed by atoms with van der Waals surface area (Å²) in [6.07, 6.45) is 2.15. The molecule has 5 N–H and O–H groups in total. The van der Waals surface area contributed by atoms with Gasteiger partial charge in [-0.2, -0.15) is 0 Å². The molecule has 1 fully saturated rings. The van der Waals surface area contributed by atoms with Gasteiger partial charge in [-0.25, -0.2) is 10.5 Å². The third-order valence-corrected chi connectivity index (χ3v) is 7.71. The lowest BCUT2D eigenvalue weighted by atomic mass is 9.95. The molecule has 2 aromatic heterocycles. The first-order valence-corrected chi connectivity index (χ1v) is 14.3. The van der Waals surface area contributed by atoms with Gasteiger partial charge in [0.1, 0.15) is 11.4 Å². The lowest BCUT2D eigenvalue weighted by Gasteiger charge is -2.33. The third-order valence-electron chi connectivity index (χ3n) is 7.47. The second-order valence-corrected chi connectivity index (χ2v) is 10.8. The van der Waals surface area contributed by atoms with Gasteiger partial charge in [-0.15, -0.1) is 0 Å². The second-order valence-electron chi connectivity index (χ2n) is 10.4. The number of rotatable bonds is 11. The molecular formula is C30H35ClN6O5. The van der Waals surface area contributed by atoms with Gasteiger partial charge >= 0.3 is 0 Å². The Labute approximate surface area is 248 Å². The summed E-state index contributed by atoms with van der Waals surface area (Å²) in [6.45, 7) is 4.34. The van der Waals surface area contributed by atoms with Crippen molar-refractivity contribution in [1.29, 1.82) is 0 Å². The number of benzene rings is 2. The van der Waals surface area contributed by atoms with Crippen molar-refractivity contribution in [2.24, 2.45) is 5.92 Å². The van der Waals surface area contributed by atoms with Crippen molar-refractivity contribution in [3.8, 4) is 11.4 Å². The van der Waals surface area contributed by atoms with Crippen molar-refractivity contribution >= 4 is 39.9 Å². The van der Waals surface area contributed by atoms with Crippen LogP contribution in [0.5, 0.6) is 0 Å². The largest absolute Gasteiger partial charge is 0.387 e. The number of ether oxygens (including phenoxy) is 1. The fourth-order valence-corrected chi connectivity index (χ4v) is 5.40. The van der Waals surface area contributed by atoms with Gasteiger partial charge in [-0.3, -0.25) is 14.4 Å². The molecule has 12 heteroatoms. The van der Waals surface area contributed by atoms with E-state index in [1.54, 1.807) is 43.6 Å². The number of aromatic nitrogens is 3. The number of H-pyrrole nitrogens is 2. The summed E-state index contributed by atoms with van der Waals surface area (Å²) in [6, 6.07) is 12.9.